The molecule has 1 saturated carbocycles. The van der Waals surface area contributed by atoms with E-state index in [9.17, 15) is 4.79 Å². The number of nitrogens with zero attached hydrogens (tertiary/aromatic N) is 1. The lowest BCUT2D eigenvalue weighted by Crippen LogP contribution is -2.36. The SMILES string of the molecule is C[C@H](Nc1ccc(I)cc1)C(=O)NN=C1CCCC[C@@H]1C. The zero-order chi connectivity index (χ0) is 15.2. The summed E-state index contributed by atoms with van der Waals surface area (Å²) < 4.78 is 1.17. The van der Waals surface area contributed by atoms with Crippen molar-refractivity contribution in [2.24, 2.45) is 11.0 Å². The first-order valence-corrected chi connectivity index (χ1v) is 8.52. The standard InChI is InChI=1S/C16H22IN3O/c1-11-5-3-4-6-15(11)19-20-16(21)12(2)18-14-9-7-13(17)8-10-14/h7-12,18H,3-6H2,1-2H3,(H,20,21)/t11-,12-/m0/s1. The van der Waals surface area contributed by atoms with Crippen LogP contribution in [0.1, 0.15) is 39.5 Å². The number of halogens is 1. The van der Waals surface area contributed by atoms with Gasteiger partial charge in [0.2, 0.25) is 0 Å². The van der Waals surface area contributed by atoms with Gasteiger partial charge < -0.3 is 5.32 Å². The molecule has 1 amide bonds. The Morgan fingerprint density at radius 3 is 2.71 bits per heavy atom. The van der Waals surface area contributed by atoms with Crippen LogP contribution < -0.4 is 10.7 Å². The Bertz CT molecular complexity index is 513. The minimum Gasteiger partial charge on any atom is -0.374 e. The Kier molecular flexibility index (Phi) is 6.02. The van der Waals surface area contributed by atoms with E-state index in [1.54, 1.807) is 0 Å². The van der Waals surface area contributed by atoms with Gasteiger partial charge in [-0.25, -0.2) is 5.43 Å². The van der Waals surface area contributed by atoms with E-state index in [2.05, 4.69) is 45.4 Å². The molecule has 0 heterocycles. The molecule has 2 atom stereocenters. The van der Waals surface area contributed by atoms with Crippen molar-refractivity contribution in [1.82, 2.24) is 5.43 Å². The number of hydrogen-bond donors (Lipinski definition) is 2. The molecule has 0 aromatic heterocycles. The fraction of sp³-hybridized carbons (Fsp3) is 0.500. The van der Waals surface area contributed by atoms with Crippen molar-refractivity contribution < 1.29 is 4.79 Å². The van der Waals surface area contributed by atoms with Gasteiger partial charge in [0.05, 0.1) is 0 Å². The Balaban J connectivity index is 1.87. The fourth-order valence-corrected chi connectivity index (χ4v) is 2.78. The Labute approximate surface area is 139 Å². The van der Waals surface area contributed by atoms with Crippen molar-refractivity contribution in [2.45, 2.75) is 45.6 Å². The average Bonchev–Trinajstić information content (AvgIpc) is 2.48. The van der Waals surface area contributed by atoms with Crippen molar-refractivity contribution in [3.8, 4) is 0 Å². The maximum Gasteiger partial charge on any atom is 0.262 e. The maximum atomic E-state index is 12.1. The summed E-state index contributed by atoms with van der Waals surface area (Å²) in [6, 6.07) is 7.66. The van der Waals surface area contributed by atoms with Crippen LogP contribution in [0.3, 0.4) is 0 Å². The minimum absolute atomic E-state index is 0.0983. The molecule has 1 aromatic rings. The second kappa shape index (κ2) is 7.77. The summed E-state index contributed by atoms with van der Waals surface area (Å²) in [6.45, 7) is 4.02. The minimum atomic E-state index is -0.312. The van der Waals surface area contributed by atoms with Crippen LogP contribution in [0.4, 0.5) is 5.69 Å². The summed E-state index contributed by atoms with van der Waals surface area (Å²) in [4.78, 5) is 12.1. The van der Waals surface area contributed by atoms with Crippen LogP contribution in [0, 0.1) is 9.49 Å². The molecule has 114 valence electrons. The van der Waals surface area contributed by atoms with E-state index in [-0.39, 0.29) is 11.9 Å². The van der Waals surface area contributed by atoms with Crippen LogP contribution in [-0.2, 0) is 4.79 Å². The van der Waals surface area contributed by atoms with Crippen molar-refractivity contribution in [3.63, 3.8) is 0 Å². The topological polar surface area (TPSA) is 53.5 Å². The van der Waals surface area contributed by atoms with Gasteiger partial charge >= 0.3 is 0 Å². The summed E-state index contributed by atoms with van der Waals surface area (Å²) in [5.41, 5.74) is 4.76. The van der Waals surface area contributed by atoms with Crippen LogP contribution >= 0.6 is 22.6 Å². The summed E-state index contributed by atoms with van der Waals surface area (Å²) in [7, 11) is 0. The number of nitrogens with one attached hydrogen (secondary N) is 2. The third-order valence-electron chi connectivity index (χ3n) is 3.82. The molecule has 0 bridgehead atoms. The molecular formula is C16H22IN3O. The van der Waals surface area contributed by atoms with E-state index < -0.39 is 0 Å². The molecule has 5 heteroatoms. The van der Waals surface area contributed by atoms with E-state index >= 15 is 0 Å². The Morgan fingerprint density at radius 2 is 2.05 bits per heavy atom. The first-order valence-electron chi connectivity index (χ1n) is 7.44. The smallest absolute Gasteiger partial charge is 0.262 e. The largest absolute Gasteiger partial charge is 0.374 e. The number of amides is 1. The molecule has 1 aliphatic rings. The number of carbonyl (C=O) groups excluding carboxylic acids is 1. The summed E-state index contributed by atoms with van der Waals surface area (Å²) in [6.07, 6.45) is 4.61. The Hall–Kier alpha value is -1.11. The summed E-state index contributed by atoms with van der Waals surface area (Å²) >= 11 is 2.26. The van der Waals surface area contributed by atoms with Crippen molar-refractivity contribution >= 4 is 39.9 Å². The first kappa shape index (κ1) is 16.3. The normalized spacial score (nSPS) is 21.9. The predicted octanol–water partition coefficient (Wildman–Crippen LogP) is 3.77. The van der Waals surface area contributed by atoms with Crippen molar-refractivity contribution in [3.05, 3.63) is 27.8 Å². The third-order valence-corrected chi connectivity index (χ3v) is 4.54. The van der Waals surface area contributed by atoms with Gasteiger partial charge in [-0.15, -0.1) is 0 Å². The molecular weight excluding hydrogens is 377 g/mol. The highest BCUT2D eigenvalue weighted by atomic mass is 127. The second-order valence-corrected chi connectivity index (χ2v) is 6.84. The molecule has 1 fully saturated rings. The maximum absolute atomic E-state index is 12.1. The van der Waals surface area contributed by atoms with Gasteiger partial charge in [0.15, 0.2) is 0 Å². The second-order valence-electron chi connectivity index (χ2n) is 5.60. The number of carbonyl (C=O) groups is 1. The number of benzene rings is 1. The summed E-state index contributed by atoms with van der Waals surface area (Å²) in [5, 5.41) is 7.50. The Morgan fingerprint density at radius 1 is 1.33 bits per heavy atom. The lowest BCUT2D eigenvalue weighted by Gasteiger charge is -2.20. The number of anilines is 1. The van der Waals surface area contributed by atoms with Gasteiger partial charge in [-0.1, -0.05) is 13.3 Å². The lowest BCUT2D eigenvalue weighted by atomic mass is 9.89. The zero-order valence-electron chi connectivity index (χ0n) is 12.5. The van der Waals surface area contributed by atoms with E-state index in [0.717, 1.165) is 17.8 Å². The number of rotatable bonds is 4. The van der Waals surface area contributed by atoms with Gasteiger partial charge in [0.1, 0.15) is 6.04 Å². The third kappa shape index (κ3) is 4.98. The molecule has 21 heavy (non-hydrogen) atoms. The van der Waals surface area contributed by atoms with Crippen molar-refractivity contribution in [2.75, 3.05) is 5.32 Å². The van der Waals surface area contributed by atoms with Gasteiger partial charge in [0, 0.05) is 15.0 Å². The van der Waals surface area contributed by atoms with Crippen LogP contribution in [0.15, 0.2) is 29.4 Å². The molecule has 0 spiro atoms. The molecule has 2 rings (SSSR count). The highest BCUT2D eigenvalue weighted by Crippen LogP contribution is 2.20. The predicted molar refractivity (Wildman–Crippen MR) is 95.5 cm³/mol. The number of hydrogen-bond acceptors (Lipinski definition) is 3. The van der Waals surface area contributed by atoms with Crippen LogP contribution in [-0.4, -0.2) is 17.7 Å². The van der Waals surface area contributed by atoms with Gasteiger partial charge in [-0.2, -0.15) is 5.10 Å². The monoisotopic (exact) mass is 399 g/mol. The van der Waals surface area contributed by atoms with Gasteiger partial charge in [-0.3, -0.25) is 4.79 Å². The van der Waals surface area contributed by atoms with Crippen LogP contribution in [0.25, 0.3) is 0 Å². The molecule has 0 saturated heterocycles. The lowest BCUT2D eigenvalue weighted by molar-refractivity contribution is -0.121. The quantitative estimate of drug-likeness (QED) is 0.598. The van der Waals surface area contributed by atoms with E-state index in [0.29, 0.717) is 5.92 Å². The van der Waals surface area contributed by atoms with E-state index in [4.69, 9.17) is 0 Å². The van der Waals surface area contributed by atoms with E-state index in [1.165, 1.54) is 22.8 Å². The van der Waals surface area contributed by atoms with E-state index in [1.807, 2.05) is 31.2 Å². The summed E-state index contributed by atoms with van der Waals surface area (Å²) in [5.74, 6) is 0.386. The van der Waals surface area contributed by atoms with Gasteiger partial charge in [-0.05, 0) is 79.0 Å². The molecule has 4 nitrogen and oxygen atoms in total. The zero-order valence-corrected chi connectivity index (χ0v) is 14.7. The molecule has 2 N–H and O–H groups in total. The average molecular weight is 399 g/mol. The highest BCUT2D eigenvalue weighted by molar-refractivity contribution is 14.1. The van der Waals surface area contributed by atoms with Gasteiger partial charge in [0.25, 0.3) is 5.91 Å². The molecule has 0 unspecified atom stereocenters. The van der Waals surface area contributed by atoms with Crippen LogP contribution in [0.5, 0.6) is 0 Å². The molecule has 1 aromatic carbocycles. The van der Waals surface area contributed by atoms with Crippen molar-refractivity contribution in [1.29, 1.82) is 0 Å². The number of hydrazone groups is 1. The molecule has 1 aliphatic carbocycles. The fourth-order valence-electron chi connectivity index (χ4n) is 2.42. The molecule has 0 aliphatic heterocycles. The molecule has 0 radical (unpaired) electrons. The van der Waals surface area contributed by atoms with Crippen LogP contribution in [0.2, 0.25) is 0 Å². The first-order chi connectivity index (χ1) is 10.1. The highest BCUT2D eigenvalue weighted by Gasteiger charge is 2.17.